The van der Waals surface area contributed by atoms with Crippen LogP contribution in [0.1, 0.15) is 45.9 Å². The van der Waals surface area contributed by atoms with Gasteiger partial charge < -0.3 is 14.2 Å². The lowest BCUT2D eigenvalue weighted by Crippen LogP contribution is -2.42. The maximum absolute atomic E-state index is 14.6. The Balaban J connectivity index is 1.27. The molecule has 0 radical (unpaired) electrons. The van der Waals surface area contributed by atoms with Gasteiger partial charge in [0, 0.05) is 16.4 Å². The van der Waals surface area contributed by atoms with Gasteiger partial charge in [0.1, 0.15) is 16.8 Å². The van der Waals surface area contributed by atoms with Crippen LogP contribution in [0.2, 0.25) is 0 Å². The van der Waals surface area contributed by atoms with E-state index in [1.807, 2.05) is 54.6 Å². The molecule has 44 heavy (non-hydrogen) atoms. The van der Waals surface area contributed by atoms with Gasteiger partial charge in [-0.05, 0) is 71.4 Å². The van der Waals surface area contributed by atoms with Crippen molar-refractivity contribution in [2.75, 3.05) is 11.7 Å². The van der Waals surface area contributed by atoms with Crippen LogP contribution < -0.4 is 19.1 Å². The fourth-order valence-electron chi connectivity index (χ4n) is 7.80. The predicted molar refractivity (Wildman–Crippen MR) is 162 cm³/mol. The minimum atomic E-state index is -0.997. The number of carbonyl (C=O) groups is 3. The van der Waals surface area contributed by atoms with Gasteiger partial charge in [-0.2, -0.15) is 5.26 Å². The van der Waals surface area contributed by atoms with Gasteiger partial charge in [0.2, 0.25) is 18.6 Å². The lowest BCUT2D eigenvalue weighted by molar-refractivity contribution is -0.142. The summed E-state index contributed by atoms with van der Waals surface area (Å²) < 4.78 is 17.1. The van der Waals surface area contributed by atoms with Gasteiger partial charge in [0.25, 0.3) is 0 Å². The Morgan fingerprint density at radius 2 is 1.68 bits per heavy atom. The van der Waals surface area contributed by atoms with Crippen molar-refractivity contribution in [2.45, 2.75) is 31.6 Å². The molecule has 9 rings (SSSR count). The van der Waals surface area contributed by atoms with E-state index in [0.29, 0.717) is 33.4 Å². The highest BCUT2D eigenvalue weighted by molar-refractivity contribution is 7.17. The summed E-state index contributed by atoms with van der Waals surface area (Å²) in [5.41, 5.74) is 3.58. The topological polar surface area (TPSA) is 106 Å². The first-order valence-corrected chi connectivity index (χ1v) is 15.6. The highest BCUT2D eigenvalue weighted by atomic mass is 32.1. The SMILES string of the molecule is N#Cc1c(N2C(=O)[C@@H]3[C@@H]4C(=O)Oc5ccc6ccccc6c5C4=C[C@H](c4ccc5c(c4)OCO5)[C@H]3C2=O)sc2c1CCCC2. The molecule has 0 bridgehead atoms. The lowest BCUT2D eigenvalue weighted by atomic mass is 9.64. The maximum atomic E-state index is 14.6. The third kappa shape index (κ3) is 3.40. The number of hydrogen-bond donors (Lipinski definition) is 0. The van der Waals surface area contributed by atoms with E-state index >= 15 is 0 Å². The largest absolute Gasteiger partial charge is 0.454 e. The van der Waals surface area contributed by atoms with Crippen LogP contribution in [0.15, 0.2) is 60.7 Å². The fraction of sp³-hybridized carbons (Fsp3) is 0.257. The number of amides is 2. The molecule has 5 aliphatic rings. The first kappa shape index (κ1) is 25.5. The number of anilines is 1. The molecule has 8 nitrogen and oxygen atoms in total. The van der Waals surface area contributed by atoms with E-state index in [4.69, 9.17) is 14.2 Å². The standard InChI is InChI=1S/C35H24N2O6S/c36-15-23-20-7-3-4-8-27(20)44-34(23)37-32(38)29-21(18-10-11-24-26(13-18)42-16-41-24)14-22-28-19-6-2-1-5-17(19)9-12-25(28)43-35(40)30(22)31(29)33(37)39/h1-2,5-6,9-14,21,29-31H,3-4,7-8,16H2/t21-,29-,30-,31+/m1/s1. The quantitative estimate of drug-likeness (QED) is 0.160. The number of imide groups is 1. The summed E-state index contributed by atoms with van der Waals surface area (Å²) in [6.07, 6.45) is 5.52. The minimum absolute atomic E-state index is 0.106. The van der Waals surface area contributed by atoms with Crippen molar-refractivity contribution in [3.8, 4) is 23.3 Å². The van der Waals surface area contributed by atoms with E-state index < -0.39 is 41.5 Å². The summed E-state index contributed by atoms with van der Waals surface area (Å²) in [5.74, 6) is -3.17. The van der Waals surface area contributed by atoms with Crippen LogP contribution in [0.3, 0.4) is 0 Å². The molecule has 2 amide bonds. The highest BCUT2D eigenvalue weighted by Gasteiger charge is 2.61. The smallest absolute Gasteiger partial charge is 0.319 e. The molecule has 216 valence electrons. The van der Waals surface area contributed by atoms with E-state index in [-0.39, 0.29) is 6.79 Å². The monoisotopic (exact) mass is 600 g/mol. The van der Waals surface area contributed by atoms with Gasteiger partial charge in [-0.25, -0.2) is 4.90 Å². The highest BCUT2D eigenvalue weighted by Crippen LogP contribution is 2.57. The van der Waals surface area contributed by atoms with Crippen LogP contribution in [0, 0.1) is 29.1 Å². The second kappa shape index (κ2) is 9.28. The zero-order chi connectivity index (χ0) is 29.7. The number of nitrogens with zero attached hydrogens (tertiary/aromatic N) is 2. The van der Waals surface area contributed by atoms with E-state index in [2.05, 4.69) is 6.07 Å². The number of aryl methyl sites for hydroxylation is 1. The molecular formula is C35H24N2O6S. The number of allylic oxidation sites excluding steroid dienone is 1. The van der Waals surface area contributed by atoms with E-state index in [1.165, 1.54) is 16.2 Å². The van der Waals surface area contributed by atoms with Crippen molar-refractivity contribution in [3.63, 3.8) is 0 Å². The Bertz CT molecular complexity index is 2050. The molecule has 0 saturated carbocycles. The maximum Gasteiger partial charge on any atom is 0.319 e. The van der Waals surface area contributed by atoms with Crippen LogP contribution in [0.4, 0.5) is 5.00 Å². The van der Waals surface area contributed by atoms with Gasteiger partial charge >= 0.3 is 5.97 Å². The van der Waals surface area contributed by atoms with Crippen LogP contribution in [0.5, 0.6) is 17.2 Å². The molecule has 3 aromatic carbocycles. The van der Waals surface area contributed by atoms with E-state index in [1.54, 1.807) is 6.07 Å². The summed E-state index contributed by atoms with van der Waals surface area (Å²) in [5, 5.41) is 12.5. The van der Waals surface area contributed by atoms with Crippen molar-refractivity contribution in [1.82, 2.24) is 0 Å². The number of thiophene rings is 1. The zero-order valence-electron chi connectivity index (χ0n) is 23.4. The Kier molecular flexibility index (Phi) is 5.39. The van der Waals surface area contributed by atoms with Crippen molar-refractivity contribution < 1.29 is 28.6 Å². The summed E-state index contributed by atoms with van der Waals surface area (Å²) in [7, 11) is 0. The minimum Gasteiger partial charge on any atom is -0.454 e. The number of fused-ring (bicyclic) bond motifs is 9. The van der Waals surface area contributed by atoms with Crippen molar-refractivity contribution in [1.29, 1.82) is 5.26 Å². The third-order valence-corrected chi connectivity index (χ3v) is 11.0. The second-order valence-electron chi connectivity index (χ2n) is 11.9. The van der Waals surface area contributed by atoms with Gasteiger partial charge in [0.05, 0.1) is 23.3 Å². The Labute approximate surface area is 256 Å². The molecule has 4 aromatic rings. The van der Waals surface area contributed by atoms with Crippen LogP contribution in [-0.4, -0.2) is 24.6 Å². The Hall–Kier alpha value is -4.94. The summed E-state index contributed by atoms with van der Waals surface area (Å²) in [4.78, 5) is 45.2. The number of carbonyl (C=O) groups excluding carboxylic acids is 3. The predicted octanol–water partition coefficient (Wildman–Crippen LogP) is 5.90. The number of hydrogen-bond acceptors (Lipinski definition) is 8. The summed E-state index contributed by atoms with van der Waals surface area (Å²) >= 11 is 1.36. The van der Waals surface area contributed by atoms with Gasteiger partial charge in [-0.3, -0.25) is 14.4 Å². The van der Waals surface area contributed by atoms with E-state index in [9.17, 15) is 19.6 Å². The van der Waals surface area contributed by atoms with E-state index in [0.717, 1.165) is 58.0 Å². The molecule has 1 saturated heterocycles. The molecule has 1 fully saturated rings. The first-order chi connectivity index (χ1) is 21.5. The Morgan fingerprint density at radius 1 is 0.886 bits per heavy atom. The molecule has 1 aromatic heterocycles. The summed E-state index contributed by atoms with van der Waals surface area (Å²) in [6.45, 7) is 0.106. The van der Waals surface area contributed by atoms with Crippen molar-refractivity contribution in [3.05, 3.63) is 87.8 Å². The van der Waals surface area contributed by atoms with Crippen LogP contribution in [-0.2, 0) is 27.2 Å². The zero-order valence-corrected chi connectivity index (χ0v) is 24.2. The average molecular weight is 601 g/mol. The molecular weight excluding hydrogens is 576 g/mol. The Morgan fingerprint density at radius 3 is 2.57 bits per heavy atom. The third-order valence-electron chi connectivity index (χ3n) is 9.73. The first-order valence-electron chi connectivity index (χ1n) is 14.8. The number of benzene rings is 3. The summed E-state index contributed by atoms with van der Waals surface area (Å²) in [6, 6.07) is 19.4. The number of nitriles is 1. The number of esters is 1. The van der Waals surface area contributed by atoms with Gasteiger partial charge in [0.15, 0.2) is 11.5 Å². The molecule has 2 aliphatic carbocycles. The molecule has 9 heteroatoms. The number of rotatable bonds is 2. The van der Waals surface area contributed by atoms with Crippen LogP contribution in [0.25, 0.3) is 16.3 Å². The fourth-order valence-corrected chi connectivity index (χ4v) is 9.15. The van der Waals surface area contributed by atoms with Gasteiger partial charge in [-0.1, -0.05) is 42.5 Å². The second-order valence-corrected chi connectivity index (χ2v) is 13.0. The molecule has 0 spiro atoms. The molecule has 4 heterocycles. The lowest BCUT2D eigenvalue weighted by Gasteiger charge is -2.38. The normalized spacial score (nSPS) is 24.7. The molecule has 3 aliphatic heterocycles. The van der Waals surface area contributed by atoms with Crippen molar-refractivity contribution >= 4 is 50.5 Å². The van der Waals surface area contributed by atoms with Crippen LogP contribution >= 0.6 is 11.3 Å². The van der Waals surface area contributed by atoms with Gasteiger partial charge in [-0.15, -0.1) is 11.3 Å². The molecule has 4 atom stereocenters. The molecule has 0 unspecified atom stereocenters. The molecule has 0 N–H and O–H groups in total. The number of ether oxygens (including phenoxy) is 3. The average Bonchev–Trinajstić information content (AvgIpc) is 3.73. The van der Waals surface area contributed by atoms with Crippen molar-refractivity contribution in [2.24, 2.45) is 17.8 Å².